The standard InChI is InChI=1S/C76H72N6O25/c1-79(2)39-19-21-48(54-35(39)23-31-25-37-60(81(5)6)64(88)58(70(77)94)68(92)75(37,99)66(90)52(31)62(54)86)106-73(97)50-27-42(84)56-44(15-11-17-46(56)104-50)101-29-33(103-72(96)34-13-9-10-14-41(34)83)30-102-45-16-12-18-47-57(45)43(85)28-51(105-47)74(98)107-49-22-20-40(80(3)4)36-24-32-26-38-61(82(7)8)65(89)59(71(78)95)69(93)76(38,100)67(91)53(32)63(87)55(36)49/h9-22,27-28,31-33,37-38,46,56,60-61,83,88-91,99-100H,23-26,29-30H2,1-8H3,(H2,77,94)(H2,78,95)/t31-,32-,33?,37-,38-,46?,56?,60-,61-,75-,76-/m0/s1. The molecule has 3 unspecified atom stereocenters. The van der Waals surface area contributed by atoms with Crippen LogP contribution in [-0.2, 0) is 55.8 Å². The summed E-state index contributed by atoms with van der Waals surface area (Å²) >= 11 is 0. The lowest BCUT2D eigenvalue weighted by molar-refractivity contribution is -0.149. The molecule has 0 radical (unpaired) electrons. The van der Waals surface area contributed by atoms with Gasteiger partial charge in [0.15, 0.2) is 40.1 Å². The minimum atomic E-state index is -2.90. The van der Waals surface area contributed by atoms with Gasteiger partial charge in [-0.25, -0.2) is 14.4 Å². The molecule has 13 rings (SSSR count). The smallest absolute Gasteiger partial charge is 0.379 e. The van der Waals surface area contributed by atoms with Crippen molar-refractivity contribution in [3.8, 4) is 23.0 Å². The second kappa shape index (κ2) is 27.1. The highest BCUT2D eigenvalue weighted by Gasteiger charge is 2.65. The van der Waals surface area contributed by atoms with E-state index in [1.54, 1.807) is 50.1 Å². The summed E-state index contributed by atoms with van der Waals surface area (Å²) in [5.41, 5.74) is 2.35. The van der Waals surface area contributed by atoms with Crippen LogP contribution < -0.4 is 40.9 Å². The number of Topliss-reactive ketones (excluding diaryl/α,β-unsaturated/α-hetero) is 4. The van der Waals surface area contributed by atoms with E-state index < -0.39 is 205 Å². The van der Waals surface area contributed by atoms with E-state index in [1.807, 2.05) is 0 Å². The Labute approximate surface area is 607 Å². The van der Waals surface area contributed by atoms with Crippen molar-refractivity contribution in [2.24, 2.45) is 41.1 Å². The van der Waals surface area contributed by atoms with Gasteiger partial charge in [0, 0.05) is 74.7 Å². The zero-order valence-corrected chi connectivity index (χ0v) is 58.6. The molecule has 7 aliphatic carbocycles. The minimum absolute atomic E-state index is 0.0173. The first-order chi connectivity index (χ1) is 50.6. The van der Waals surface area contributed by atoms with Crippen LogP contribution in [0.2, 0.25) is 0 Å². The van der Waals surface area contributed by atoms with Crippen molar-refractivity contribution in [2.75, 3.05) is 79.4 Å². The Morgan fingerprint density at radius 3 is 1.64 bits per heavy atom. The van der Waals surface area contributed by atoms with Crippen molar-refractivity contribution in [2.45, 2.75) is 61.2 Å². The number of carbonyl (C=O) groups is 10. The number of aliphatic hydroxyl groups is 6. The molecule has 0 fully saturated rings. The quantitative estimate of drug-likeness (QED) is 0.0344. The number of esters is 3. The molecule has 0 saturated heterocycles. The summed E-state index contributed by atoms with van der Waals surface area (Å²) in [6.07, 6.45) is 2.12. The third kappa shape index (κ3) is 11.8. The highest BCUT2D eigenvalue weighted by Crippen LogP contribution is 2.56. The van der Waals surface area contributed by atoms with Crippen LogP contribution in [0.1, 0.15) is 65.6 Å². The molecule has 1 aromatic heterocycles. The SMILES string of the molecule is CN(C)c1ccc(OC(=O)C2=CC(=O)C3C(OCC(COc4cccc5oc(C(=O)Oc6ccc(N(C)C)c7c6C(=O)C6=C(O)[C@]8(O)C(=O)C(C(N)=O)=C(O)[C@@H](N(C)C)[C@@H]8C[C@@H]6C7)cc(=O)c45)OC(=O)c4ccccc4O)=CC=CC3O2)c2c1C[C@H]1C[C@H]3[C@H](N(C)C)C(O)=C(C(N)=O)C(=O)[C@@]3(O)C(O)=C1C2=O. The Bertz CT molecular complexity index is 5130. The lowest BCUT2D eigenvalue weighted by Crippen LogP contribution is -2.63. The number of likely N-dealkylation sites (N-methyl/N-ethyl adjacent to an activating group) is 2. The number of phenolic OH excluding ortho intramolecular Hbond substituents is 1. The fourth-order valence-electron chi connectivity index (χ4n) is 16.2. The molecular formula is C76H72N6O25. The van der Waals surface area contributed by atoms with Crippen molar-refractivity contribution in [3.05, 3.63) is 198 Å². The number of anilines is 2. The van der Waals surface area contributed by atoms with Crippen LogP contribution in [0.15, 0.2) is 163 Å². The molecule has 1 aliphatic heterocycles. The van der Waals surface area contributed by atoms with Crippen molar-refractivity contribution >= 4 is 81.0 Å². The zero-order valence-electron chi connectivity index (χ0n) is 58.6. The molecule has 556 valence electrons. The predicted octanol–water partition coefficient (Wildman–Crippen LogP) is 3.45. The number of allylic oxidation sites excluding steroid dienone is 5. The van der Waals surface area contributed by atoms with Gasteiger partial charge in [0.05, 0.1) is 23.2 Å². The number of phenols is 1. The third-order valence-electron chi connectivity index (χ3n) is 20.9. The van der Waals surface area contributed by atoms with Crippen LogP contribution >= 0.6 is 0 Å². The monoisotopic (exact) mass is 1470 g/mol. The Morgan fingerprint density at radius 2 is 1.13 bits per heavy atom. The topological polar surface area (TPSA) is 463 Å². The minimum Gasteiger partial charge on any atom is -0.510 e. The predicted molar refractivity (Wildman–Crippen MR) is 373 cm³/mol. The Hall–Kier alpha value is -12.2. The molecule has 2 amide bonds. The molecule has 0 saturated carbocycles. The number of primary amides is 2. The highest BCUT2D eigenvalue weighted by molar-refractivity contribution is 6.26. The molecule has 2 heterocycles. The van der Waals surface area contributed by atoms with E-state index in [2.05, 4.69) is 0 Å². The first kappa shape index (κ1) is 73.1. The summed E-state index contributed by atoms with van der Waals surface area (Å²) in [7, 11) is 12.8. The number of para-hydroxylation sites is 1. The number of nitrogens with zero attached hydrogens (tertiary/aromatic N) is 4. The number of aromatic hydroxyl groups is 1. The summed E-state index contributed by atoms with van der Waals surface area (Å²) in [4.78, 5) is 160. The Balaban J connectivity index is 0.732. The van der Waals surface area contributed by atoms with E-state index in [1.165, 1.54) is 111 Å². The van der Waals surface area contributed by atoms with Crippen LogP contribution in [0.4, 0.5) is 11.4 Å². The van der Waals surface area contributed by atoms with Gasteiger partial charge in [-0.2, -0.15) is 0 Å². The average Bonchev–Trinajstić information content (AvgIpc) is 0.703. The van der Waals surface area contributed by atoms with E-state index in [0.717, 1.165) is 12.1 Å². The Morgan fingerprint density at radius 1 is 0.617 bits per heavy atom. The summed E-state index contributed by atoms with van der Waals surface area (Å²) in [6.45, 7) is -1.18. The van der Waals surface area contributed by atoms with Crippen LogP contribution in [0.5, 0.6) is 23.0 Å². The largest absolute Gasteiger partial charge is 0.510 e. The van der Waals surface area contributed by atoms with Crippen LogP contribution in [-0.4, -0.2) is 209 Å². The number of rotatable bonds is 18. The van der Waals surface area contributed by atoms with Gasteiger partial charge in [-0.15, -0.1) is 0 Å². The van der Waals surface area contributed by atoms with Gasteiger partial charge in [0.1, 0.15) is 105 Å². The number of fused-ring (bicyclic) bond motifs is 8. The van der Waals surface area contributed by atoms with Crippen molar-refractivity contribution in [1.29, 1.82) is 0 Å². The number of benzene rings is 4. The molecule has 31 heteroatoms. The van der Waals surface area contributed by atoms with Crippen molar-refractivity contribution < 1.29 is 117 Å². The average molecular weight is 1470 g/mol. The van der Waals surface area contributed by atoms with Gasteiger partial charge < -0.3 is 89.9 Å². The van der Waals surface area contributed by atoms with Gasteiger partial charge in [0.25, 0.3) is 11.8 Å². The van der Waals surface area contributed by atoms with Crippen molar-refractivity contribution in [1.82, 2.24) is 9.80 Å². The first-order valence-electron chi connectivity index (χ1n) is 33.6. The van der Waals surface area contributed by atoms with Crippen LogP contribution in [0.3, 0.4) is 0 Å². The van der Waals surface area contributed by atoms with E-state index >= 15 is 0 Å². The molecule has 0 spiro atoms. The van der Waals surface area contributed by atoms with Gasteiger partial charge in [-0.3, -0.25) is 48.2 Å². The maximum absolute atomic E-state index is 14.9. The first-order valence-corrected chi connectivity index (χ1v) is 33.6. The summed E-state index contributed by atoms with van der Waals surface area (Å²) in [5.74, 6) is -23.6. The number of amides is 2. The van der Waals surface area contributed by atoms with Crippen LogP contribution in [0, 0.1) is 29.6 Å². The molecule has 0 bridgehead atoms. The lowest BCUT2D eigenvalue weighted by atomic mass is 9.58. The summed E-state index contributed by atoms with van der Waals surface area (Å²) < 4.78 is 41.9. The highest BCUT2D eigenvalue weighted by atomic mass is 16.6. The molecule has 4 aromatic carbocycles. The normalized spacial score (nSPS) is 25.3. The van der Waals surface area contributed by atoms with Gasteiger partial charge >= 0.3 is 17.9 Å². The molecule has 31 nitrogen and oxygen atoms in total. The second-order valence-electron chi connectivity index (χ2n) is 28.1. The van der Waals surface area contributed by atoms with E-state index in [4.69, 9.17) is 44.3 Å². The fraction of sp³-hybridized carbons (Fsp3) is 0.329. The van der Waals surface area contributed by atoms with E-state index in [9.17, 15) is 88.5 Å². The van der Waals surface area contributed by atoms with E-state index in [-0.39, 0.29) is 76.4 Å². The number of ether oxygens (including phenoxy) is 6. The Kier molecular flexibility index (Phi) is 18.5. The van der Waals surface area contributed by atoms with Gasteiger partial charge in [-0.05, 0) is 138 Å². The lowest BCUT2D eigenvalue weighted by Gasteiger charge is -2.50. The summed E-state index contributed by atoms with van der Waals surface area (Å²) in [6, 6.07) is 13.6. The molecule has 11 N–H and O–H groups in total. The van der Waals surface area contributed by atoms with Gasteiger partial charge in [0.2, 0.25) is 23.1 Å². The number of ketones is 5. The summed E-state index contributed by atoms with van der Waals surface area (Å²) in [5, 5.41) is 81.3. The number of hydrogen-bond acceptors (Lipinski definition) is 29. The van der Waals surface area contributed by atoms with Crippen molar-refractivity contribution in [3.63, 3.8) is 0 Å². The van der Waals surface area contributed by atoms with E-state index in [0.29, 0.717) is 22.5 Å². The zero-order chi connectivity index (χ0) is 77.2. The molecule has 5 aromatic rings. The number of aliphatic hydroxyl groups excluding tert-OH is 4. The van der Waals surface area contributed by atoms with Crippen LogP contribution in [0.25, 0.3) is 11.0 Å². The molecule has 11 atom stereocenters. The maximum Gasteiger partial charge on any atom is 0.379 e. The maximum atomic E-state index is 14.9. The fourth-order valence-corrected chi connectivity index (χ4v) is 16.2. The molecule has 107 heavy (non-hydrogen) atoms. The number of carbonyl (C=O) groups excluding carboxylic acids is 10. The molecular weight excluding hydrogens is 1400 g/mol. The van der Waals surface area contributed by atoms with Gasteiger partial charge in [-0.1, -0.05) is 24.3 Å². The third-order valence-corrected chi connectivity index (χ3v) is 20.9. The number of nitrogens with two attached hydrogens (primary N) is 2. The molecule has 8 aliphatic rings. The number of hydrogen-bond donors (Lipinski definition) is 9. The second-order valence-corrected chi connectivity index (χ2v) is 28.1.